The van der Waals surface area contributed by atoms with E-state index in [1.54, 1.807) is 35.2 Å². The summed E-state index contributed by atoms with van der Waals surface area (Å²) in [5.74, 6) is 0.635. The molecule has 1 aliphatic heterocycles. The van der Waals surface area contributed by atoms with Gasteiger partial charge in [-0.3, -0.25) is 4.55 Å². The lowest BCUT2D eigenvalue weighted by atomic mass is 10.1. The Morgan fingerprint density at radius 3 is 2.27 bits per heavy atom. The standard InChI is InChI=1S/C24H24F3N7.C6H6O3S/c1-33-11-13-34(14-12-33)21-6-5-19(16-20(21)24(25,26)27)31-23-29-10-8-22(32-23)30-18-4-2-3-17(15-18)7-9-28;7-10(8,9)6-4-2-1-3-5-6/h2-6,8,10,15-16H,7,11-14H2,1H3,(H2,29,30,31,32);1-5H,(H,7,8,9). The van der Waals surface area contributed by atoms with Gasteiger partial charge in [-0.2, -0.15) is 31.8 Å². The molecule has 1 aliphatic rings. The fourth-order valence-corrected chi connectivity index (χ4v) is 4.87. The summed E-state index contributed by atoms with van der Waals surface area (Å²) in [6, 6.07) is 22.7. The molecule has 0 atom stereocenters. The van der Waals surface area contributed by atoms with Crippen LogP contribution in [0.5, 0.6) is 0 Å². The molecule has 5 rings (SSSR count). The van der Waals surface area contributed by atoms with Gasteiger partial charge in [-0.25, -0.2) is 4.98 Å². The lowest BCUT2D eigenvalue weighted by molar-refractivity contribution is -0.137. The minimum absolute atomic E-state index is 0.0741. The fraction of sp³-hybridized carbons (Fsp3) is 0.233. The van der Waals surface area contributed by atoms with Crippen molar-refractivity contribution in [3.05, 3.63) is 96.2 Å². The highest BCUT2D eigenvalue weighted by Crippen LogP contribution is 2.39. The molecule has 230 valence electrons. The van der Waals surface area contributed by atoms with Crippen LogP contribution in [0.15, 0.2) is 90.0 Å². The second-order valence-corrected chi connectivity index (χ2v) is 11.3. The number of anilines is 5. The fourth-order valence-electron chi connectivity index (χ4n) is 4.37. The molecule has 44 heavy (non-hydrogen) atoms. The summed E-state index contributed by atoms with van der Waals surface area (Å²) in [7, 11) is -2.04. The summed E-state index contributed by atoms with van der Waals surface area (Å²) in [5, 5.41) is 14.9. The molecule has 2 heterocycles. The molecule has 10 nitrogen and oxygen atoms in total. The van der Waals surface area contributed by atoms with Crippen molar-refractivity contribution >= 4 is 38.9 Å². The Labute approximate surface area is 253 Å². The van der Waals surface area contributed by atoms with E-state index < -0.39 is 21.9 Å². The molecule has 0 radical (unpaired) electrons. The maximum absolute atomic E-state index is 13.9. The van der Waals surface area contributed by atoms with Crippen molar-refractivity contribution in [2.24, 2.45) is 0 Å². The molecule has 0 amide bonds. The van der Waals surface area contributed by atoms with E-state index in [4.69, 9.17) is 9.81 Å². The lowest BCUT2D eigenvalue weighted by Crippen LogP contribution is -2.45. The monoisotopic (exact) mass is 625 g/mol. The number of halogens is 3. The lowest BCUT2D eigenvalue weighted by Gasteiger charge is -2.35. The maximum Gasteiger partial charge on any atom is 0.418 e. The van der Waals surface area contributed by atoms with E-state index >= 15 is 0 Å². The molecule has 1 aromatic heterocycles. The van der Waals surface area contributed by atoms with Gasteiger partial charge in [0.15, 0.2) is 0 Å². The summed E-state index contributed by atoms with van der Waals surface area (Å²) in [6.07, 6.45) is -2.69. The van der Waals surface area contributed by atoms with E-state index in [9.17, 15) is 21.6 Å². The number of rotatable bonds is 7. The van der Waals surface area contributed by atoms with E-state index in [1.165, 1.54) is 24.4 Å². The van der Waals surface area contributed by atoms with Gasteiger partial charge >= 0.3 is 6.18 Å². The highest BCUT2D eigenvalue weighted by molar-refractivity contribution is 7.85. The molecule has 0 aliphatic carbocycles. The molecule has 0 bridgehead atoms. The van der Waals surface area contributed by atoms with Gasteiger partial charge in [-0.15, -0.1) is 0 Å². The van der Waals surface area contributed by atoms with E-state index in [0.717, 1.165) is 17.3 Å². The Balaban J connectivity index is 0.000000375. The SMILES string of the molecule is CN1CCN(c2ccc(Nc3nccc(Nc4cccc(CC#N)c4)n3)cc2C(F)(F)F)CC1.O=S(=O)(O)c1ccccc1. The number of hydrogen-bond donors (Lipinski definition) is 3. The van der Waals surface area contributed by atoms with Crippen LogP contribution < -0.4 is 15.5 Å². The maximum atomic E-state index is 13.9. The zero-order chi connectivity index (χ0) is 31.7. The third kappa shape index (κ3) is 9.14. The van der Waals surface area contributed by atoms with Crippen LogP contribution in [0, 0.1) is 11.3 Å². The zero-order valence-corrected chi connectivity index (χ0v) is 24.5. The Morgan fingerprint density at radius 1 is 0.932 bits per heavy atom. The second-order valence-electron chi connectivity index (χ2n) is 9.86. The minimum atomic E-state index is -4.49. The summed E-state index contributed by atoms with van der Waals surface area (Å²) in [5.41, 5.74) is 1.34. The number of piperazine rings is 1. The van der Waals surface area contributed by atoms with Gasteiger partial charge in [-0.05, 0) is 61.1 Å². The number of aromatic nitrogens is 2. The van der Waals surface area contributed by atoms with Crippen molar-refractivity contribution in [3.63, 3.8) is 0 Å². The molecular formula is C30H30F3N7O3S. The number of nitrogens with one attached hydrogen (secondary N) is 2. The van der Waals surface area contributed by atoms with E-state index in [2.05, 4.69) is 31.6 Å². The zero-order valence-electron chi connectivity index (χ0n) is 23.7. The van der Waals surface area contributed by atoms with Gasteiger partial charge in [0.25, 0.3) is 10.1 Å². The quantitative estimate of drug-likeness (QED) is 0.219. The topological polar surface area (TPSA) is 134 Å². The summed E-state index contributed by atoms with van der Waals surface area (Å²) < 4.78 is 70.8. The smallest absolute Gasteiger partial charge is 0.368 e. The summed E-state index contributed by atoms with van der Waals surface area (Å²) in [4.78, 5) is 12.3. The van der Waals surface area contributed by atoms with Crippen molar-refractivity contribution < 1.29 is 26.1 Å². The van der Waals surface area contributed by atoms with Crippen LogP contribution in [0.3, 0.4) is 0 Å². The van der Waals surface area contributed by atoms with Gasteiger partial charge in [-0.1, -0.05) is 30.3 Å². The first-order valence-corrected chi connectivity index (χ1v) is 14.9. The Morgan fingerprint density at radius 2 is 1.64 bits per heavy atom. The normalized spacial score (nSPS) is 13.8. The van der Waals surface area contributed by atoms with Crippen molar-refractivity contribution in [3.8, 4) is 6.07 Å². The van der Waals surface area contributed by atoms with Crippen LogP contribution in [0.4, 0.5) is 42.0 Å². The average Bonchev–Trinajstić information content (AvgIpc) is 2.98. The molecule has 0 saturated carbocycles. The van der Waals surface area contributed by atoms with E-state index in [-0.39, 0.29) is 28.6 Å². The van der Waals surface area contributed by atoms with Crippen molar-refractivity contribution in [1.29, 1.82) is 5.26 Å². The molecule has 14 heteroatoms. The molecule has 1 saturated heterocycles. The van der Waals surface area contributed by atoms with Crippen LogP contribution >= 0.6 is 0 Å². The van der Waals surface area contributed by atoms with Crippen LogP contribution in [-0.2, 0) is 22.7 Å². The minimum Gasteiger partial charge on any atom is -0.368 e. The molecular weight excluding hydrogens is 595 g/mol. The molecule has 1 fully saturated rings. The third-order valence-electron chi connectivity index (χ3n) is 6.58. The first-order chi connectivity index (χ1) is 20.9. The third-order valence-corrected chi connectivity index (χ3v) is 7.45. The van der Waals surface area contributed by atoms with Crippen molar-refractivity contribution in [1.82, 2.24) is 14.9 Å². The second kappa shape index (κ2) is 14.2. The number of nitriles is 1. The molecule has 3 aromatic carbocycles. The Hall–Kier alpha value is -4.71. The van der Waals surface area contributed by atoms with Gasteiger partial charge in [0.1, 0.15) is 5.82 Å². The van der Waals surface area contributed by atoms with Crippen molar-refractivity contribution in [2.75, 3.05) is 48.8 Å². The molecule has 0 spiro atoms. The number of alkyl halides is 3. The molecule has 4 aromatic rings. The number of benzene rings is 3. The summed E-state index contributed by atoms with van der Waals surface area (Å²) in [6.45, 7) is 2.51. The first kappa shape index (κ1) is 32.2. The van der Waals surface area contributed by atoms with Gasteiger partial charge in [0.2, 0.25) is 5.95 Å². The highest BCUT2D eigenvalue weighted by atomic mass is 32.2. The number of nitrogens with zero attached hydrogens (tertiary/aromatic N) is 5. The van der Waals surface area contributed by atoms with Crippen LogP contribution in [0.25, 0.3) is 0 Å². The van der Waals surface area contributed by atoms with Gasteiger partial charge in [0, 0.05) is 49.4 Å². The van der Waals surface area contributed by atoms with Crippen LogP contribution in [-0.4, -0.2) is 61.1 Å². The van der Waals surface area contributed by atoms with E-state index in [0.29, 0.717) is 32.0 Å². The average molecular weight is 626 g/mol. The van der Waals surface area contributed by atoms with Crippen molar-refractivity contribution in [2.45, 2.75) is 17.5 Å². The highest BCUT2D eigenvalue weighted by Gasteiger charge is 2.35. The van der Waals surface area contributed by atoms with Crippen LogP contribution in [0.2, 0.25) is 0 Å². The van der Waals surface area contributed by atoms with E-state index in [1.807, 2.05) is 31.3 Å². The number of hydrogen-bond acceptors (Lipinski definition) is 9. The van der Waals surface area contributed by atoms with Gasteiger partial charge in [0.05, 0.1) is 22.9 Å². The largest absolute Gasteiger partial charge is 0.418 e. The predicted molar refractivity (Wildman–Crippen MR) is 162 cm³/mol. The molecule has 0 unspecified atom stereocenters. The van der Waals surface area contributed by atoms with Gasteiger partial charge < -0.3 is 20.4 Å². The molecule has 3 N–H and O–H groups in total. The van der Waals surface area contributed by atoms with Crippen LogP contribution in [0.1, 0.15) is 11.1 Å². The summed E-state index contributed by atoms with van der Waals surface area (Å²) >= 11 is 0. The Bertz CT molecular complexity index is 1710. The first-order valence-electron chi connectivity index (χ1n) is 13.4. The number of likely N-dealkylation sites (N-methyl/N-ethyl adjacent to an activating group) is 1. The Kier molecular flexibility index (Phi) is 10.4. The predicted octanol–water partition coefficient (Wildman–Crippen LogP) is 5.73.